The molecule has 29 heavy (non-hydrogen) atoms. The number of aryl methyl sites for hydroxylation is 1. The lowest BCUT2D eigenvalue weighted by Gasteiger charge is -2.26. The number of carbonyl (C=O) groups is 1. The SMILES string of the molecule is CCc1ccc(CN(C)C(=O)c2ccc(Cl)c(S(=O)(=O)N3CCCCC3)c2)cc1. The van der Waals surface area contributed by atoms with E-state index >= 15 is 0 Å². The van der Waals surface area contributed by atoms with Gasteiger partial charge in [-0.2, -0.15) is 4.31 Å². The van der Waals surface area contributed by atoms with Crippen molar-refractivity contribution in [2.75, 3.05) is 20.1 Å². The summed E-state index contributed by atoms with van der Waals surface area (Å²) in [5.41, 5.74) is 2.58. The fraction of sp³-hybridized carbons (Fsp3) is 0.409. The van der Waals surface area contributed by atoms with Crippen molar-refractivity contribution < 1.29 is 13.2 Å². The standard InChI is InChI=1S/C22H27ClN2O3S/c1-3-17-7-9-18(10-8-17)16-24(2)22(26)19-11-12-20(23)21(15-19)29(27,28)25-13-5-4-6-14-25/h7-12,15H,3-6,13-14,16H2,1-2H3. The second-order valence-corrected chi connectivity index (χ2v) is 9.75. The molecular formula is C22H27ClN2O3S. The Bertz CT molecular complexity index is 968. The van der Waals surface area contributed by atoms with Gasteiger partial charge >= 0.3 is 0 Å². The topological polar surface area (TPSA) is 57.7 Å². The molecule has 1 heterocycles. The van der Waals surface area contributed by atoms with E-state index in [9.17, 15) is 13.2 Å². The zero-order chi connectivity index (χ0) is 21.0. The molecule has 0 spiro atoms. The van der Waals surface area contributed by atoms with Crippen LogP contribution in [0.5, 0.6) is 0 Å². The van der Waals surface area contributed by atoms with Crippen LogP contribution < -0.4 is 0 Å². The Morgan fingerprint density at radius 1 is 1.03 bits per heavy atom. The van der Waals surface area contributed by atoms with Gasteiger partial charge in [0.1, 0.15) is 4.90 Å². The molecule has 0 saturated carbocycles. The Balaban J connectivity index is 1.81. The van der Waals surface area contributed by atoms with Gasteiger partial charge < -0.3 is 4.90 Å². The second kappa shape index (κ2) is 9.28. The fourth-order valence-corrected chi connectivity index (χ4v) is 5.54. The van der Waals surface area contributed by atoms with E-state index in [1.807, 2.05) is 12.1 Å². The Morgan fingerprint density at radius 3 is 2.28 bits per heavy atom. The molecule has 0 radical (unpaired) electrons. The summed E-state index contributed by atoms with van der Waals surface area (Å²) in [5, 5.41) is 0.143. The number of benzene rings is 2. The van der Waals surface area contributed by atoms with Crippen LogP contribution in [0.4, 0.5) is 0 Å². The summed E-state index contributed by atoms with van der Waals surface area (Å²) >= 11 is 6.21. The molecule has 2 aromatic carbocycles. The quantitative estimate of drug-likeness (QED) is 0.679. The van der Waals surface area contributed by atoms with E-state index in [1.54, 1.807) is 18.0 Å². The van der Waals surface area contributed by atoms with Gasteiger partial charge in [0.25, 0.3) is 5.91 Å². The summed E-state index contributed by atoms with van der Waals surface area (Å²) in [6, 6.07) is 12.6. The number of halogens is 1. The number of piperidine rings is 1. The highest BCUT2D eigenvalue weighted by molar-refractivity contribution is 7.89. The molecule has 1 aliphatic rings. The maximum atomic E-state index is 13.0. The molecule has 2 aromatic rings. The van der Waals surface area contributed by atoms with Crippen LogP contribution in [0, 0.1) is 0 Å². The van der Waals surface area contributed by atoms with Crippen LogP contribution in [-0.4, -0.2) is 43.7 Å². The number of carbonyl (C=O) groups excluding carboxylic acids is 1. The van der Waals surface area contributed by atoms with E-state index in [4.69, 9.17) is 11.6 Å². The normalized spacial score (nSPS) is 15.3. The van der Waals surface area contributed by atoms with E-state index in [2.05, 4.69) is 19.1 Å². The lowest BCUT2D eigenvalue weighted by Crippen LogP contribution is -2.36. The zero-order valence-corrected chi connectivity index (χ0v) is 18.5. The van der Waals surface area contributed by atoms with Crippen LogP contribution in [0.15, 0.2) is 47.4 Å². The van der Waals surface area contributed by atoms with Crippen molar-refractivity contribution in [1.82, 2.24) is 9.21 Å². The maximum absolute atomic E-state index is 13.0. The van der Waals surface area contributed by atoms with Gasteiger partial charge in [0, 0.05) is 32.2 Å². The summed E-state index contributed by atoms with van der Waals surface area (Å²) in [6.07, 6.45) is 3.68. The first kappa shape index (κ1) is 21.8. The van der Waals surface area contributed by atoms with Crippen molar-refractivity contribution in [3.05, 3.63) is 64.2 Å². The molecule has 7 heteroatoms. The molecule has 0 bridgehead atoms. The third-order valence-corrected chi connectivity index (χ3v) is 7.69. The monoisotopic (exact) mass is 434 g/mol. The first-order chi connectivity index (χ1) is 13.8. The van der Waals surface area contributed by atoms with Gasteiger partial charge in [-0.15, -0.1) is 0 Å². The summed E-state index contributed by atoms with van der Waals surface area (Å²) < 4.78 is 27.5. The highest BCUT2D eigenvalue weighted by atomic mass is 35.5. The number of hydrogen-bond donors (Lipinski definition) is 0. The van der Waals surface area contributed by atoms with Crippen LogP contribution in [0.2, 0.25) is 5.02 Å². The first-order valence-electron chi connectivity index (χ1n) is 9.96. The van der Waals surface area contributed by atoms with Crippen LogP contribution in [0.1, 0.15) is 47.7 Å². The number of sulfonamides is 1. The molecule has 0 aromatic heterocycles. The van der Waals surface area contributed by atoms with E-state index in [0.29, 0.717) is 25.2 Å². The highest BCUT2D eigenvalue weighted by Crippen LogP contribution is 2.28. The largest absolute Gasteiger partial charge is 0.337 e. The first-order valence-corrected chi connectivity index (χ1v) is 11.8. The minimum absolute atomic E-state index is 0.00705. The van der Waals surface area contributed by atoms with Gasteiger partial charge in [-0.3, -0.25) is 4.79 Å². The van der Waals surface area contributed by atoms with E-state index < -0.39 is 10.0 Å². The molecule has 156 valence electrons. The van der Waals surface area contributed by atoms with Gasteiger partial charge in [0.05, 0.1) is 5.02 Å². The Labute approximate surface area is 178 Å². The van der Waals surface area contributed by atoms with E-state index in [-0.39, 0.29) is 15.8 Å². The summed E-state index contributed by atoms with van der Waals surface area (Å²) in [7, 11) is -2.00. The zero-order valence-electron chi connectivity index (χ0n) is 16.9. The molecule has 0 aliphatic carbocycles. The molecular weight excluding hydrogens is 408 g/mol. The Morgan fingerprint density at radius 2 is 1.66 bits per heavy atom. The Hall–Kier alpha value is -1.89. The average molecular weight is 435 g/mol. The maximum Gasteiger partial charge on any atom is 0.253 e. The van der Waals surface area contributed by atoms with Gasteiger partial charge in [-0.1, -0.05) is 49.2 Å². The van der Waals surface area contributed by atoms with Gasteiger partial charge in [0.15, 0.2) is 0 Å². The van der Waals surface area contributed by atoms with Gasteiger partial charge in [-0.05, 0) is 48.6 Å². The van der Waals surface area contributed by atoms with E-state index in [1.165, 1.54) is 22.0 Å². The molecule has 5 nitrogen and oxygen atoms in total. The predicted molar refractivity (Wildman–Crippen MR) is 116 cm³/mol. The van der Waals surface area contributed by atoms with Crippen LogP contribution in [0.25, 0.3) is 0 Å². The van der Waals surface area contributed by atoms with Gasteiger partial charge in [0.2, 0.25) is 10.0 Å². The molecule has 1 fully saturated rings. The highest BCUT2D eigenvalue weighted by Gasteiger charge is 2.29. The number of hydrogen-bond acceptors (Lipinski definition) is 3. The summed E-state index contributed by atoms with van der Waals surface area (Å²) in [4.78, 5) is 14.5. The van der Waals surface area contributed by atoms with Crippen molar-refractivity contribution in [2.24, 2.45) is 0 Å². The predicted octanol–water partition coefficient (Wildman–Crippen LogP) is 4.35. The molecule has 1 amide bonds. The van der Waals surface area contributed by atoms with Crippen molar-refractivity contribution in [1.29, 1.82) is 0 Å². The molecule has 1 saturated heterocycles. The van der Waals surface area contributed by atoms with Crippen molar-refractivity contribution in [2.45, 2.75) is 44.0 Å². The number of rotatable bonds is 6. The third kappa shape index (κ3) is 5.00. The van der Waals surface area contributed by atoms with Crippen molar-refractivity contribution >= 4 is 27.5 Å². The summed E-state index contributed by atoms with van der Waals surface area (Å²) in [5.74, 6) is -0.240. The van der Waals surface area contributed by atoms with Crippen molar-refractivity contribution in [3.63, 3.8) is 0 Å². The minimum atomic E-state index is -3.71. The second-order valence-electron chi connectivity index (χ2n) is 7.44. The lowest BCUT2D eigenvalue weighted by atomic mass is 10.1. The fourth-order valence-electron chi connectivity index (χ4n) is 3.52. The summed E-state index contributed by atoms with van der Waals surface area (Å²) in [6.45, 7) is 3.52. The van der Waals surface area contributed by atoms with Crippen LogP contribution in [-0.2, 0) is 23.0 Å². The molecule has 0 unspecified atom stereocenters. The van der Waals surface area contributed by atoms with Crippen molar-refractivity contribution in [3.8, 4) is 0 Å². The molecule has 3 rings (SSSR count). The number of nitrogens with zero attached hydrogens (tertiary/aromatic N) is 2. The minimum Gasteiger partial charge on any atom is -0.337 e. The number of amides is 1. The van der Waals surface area contributed by atoms with Crippen LogP contribution in [0.3, 0.4) is 0 Å². The smallest absolute Gasteiger partial charge is 0.253 e. The molecule has 0 N–H and O–H groups in total. The molecule has 1 aliphatic heterocycles. The Kier molecular flexibility index (Phi) is 6.98. The van der Waals surface area contributed by atoms with Gasteiger partial charge in [-0.25, -0.2) is 8.42 Å². The average Bonchev–Trinajstić information content (AvgIpc) is 2.74. The van der Waals surface area contributed by atoms with E-state index in [0.717, 1.165) is 31.2 Å². The van der Waals surface area contributed by atoms with Crippen LogP contribution >= 0.6 is 11.6 Å². The third-order valence-electron chi connectivity index (χ3n) is 5.31. The molecule has 0 atom stereocenters. The lowest BCUT2D eigenvalue weighted by molar-refractivity contribution is 0.0785.